The number of aryl methyl sites for hydroxylation is 1. The fourth-order valence-corrected chi connectivity index (χ4v) is 2.48. The number of aromatic amines is 1. The Morgan fingerprint density at radius 2 is 1.85 bits per heavy atom. The summed E-state index contributed by atoms with van der Waals surface area (Å²) >= 11 is 0. The molecule has 102 valence electrons. The zero-order valence-corrected chi connectivity index (χ0v) is 10.8. The van der Waals surface area contributed by atoms with E-state index in [4.69, 9.17) is 0 Å². The highest BCUT2D eigenvalue weighted by Gasteiger charge is 2.16. The van der Waals surface area contributed by atoms with Crippen molar-refractivity contribution in [3.8, 4) is 11.4 Å². The summed E-state index contributed by atoms with van der Waals surface area (Å²) in [6.07, 6.45) is 3.66. The van der Waals surface area contributed by atoms with Gasteiger partial charge in [0.05, 0.1) is 10.6 Å². The van der Waals surface area contributed by atoms with Crippen LogP contribution < -0.4 is 5.56 Å². The Kier molecular flexibility index (Phi) is 3.06. The van der Waals surface area contributed by atoms with Crippen LogP contribution in [0.3, 0.4) is 0 Å². The number of nitro benzene ring substituents is 1. The lowest BCUT2D eigenvalue weighted by molar-refractivity contribution is -0.384. The molecule has 0 fully saturated rings. The number of non-ortho nitro benzene ring substituents is 1. The van der Waals surface area contributed by atoms with E-state index in [1.165, 1.54) is 12.1 Å². The summed E-state index contributed by atoms with van der Waals surface area (Å²) in [5, 5.41) is 10.6. The van der Waals surface area contributed by atoms with Gasteiger partial charge in [-0.2, -0.15) is 0 Å². The normalized spacial score (nSPS) is 13.8. The molecule has 0 radical (unpaired) electrons. The van der Waals surface area contributed by atoms with Gasteiger partial charge in [0.1, 0.15) is 5.82 Å². The summed E-state index contributed by atoms with van der Waals surface area (Å²) in [5.74, 6) is 0.477. The summed E-state index contributed by atoms with van der Waals surface area (Å²) in [6.45, 7) is 0. The maximum absolute atomic E-state index is 12.0. The van der Waals surface area contributed by atoms with Gasteiger partial charge in [0, 0.05) is 23.3 Å². The third kappa shape index (κ3) is 2.20. The lowest BCUT2D eigenvalue weighted by Crippen LogP contribution is -2.21. The Hall–Kier alpha value is -2.50. The van der Waals surface area contributed by atoms with Gasteiger partial charge in [-0.1, -0.05) is 0 Å². The SMILES string of the molecule is O=c1[nH]c(-c2ccc([N+](=O)[O-])cc2)nc2c1CCCC2. The van der Waals surface area contributed by atoms with Crippen LogP contribution in [0.4, 0.5) is 5.69 Å². The van der Waals surface area contributed by atoms with Gasteiger partial charge in [-0.25, -0.2) is 4.98 Å². The third-order valence-corrected chi connectivity index (χ3v) is 3.54. The minimum atomic E-state index is -0.452. The average Bonchev–Trinajstić information content (AvgIpc) is 2.47. The second kappa shape index (κ2) is 4.88. The highest BCUT2D eigenvalue weighted by molar-refractivity contribution is 5.57. The van der Waals surface area contributed by atoms with Crippen LogP contribution >= 0.6 is 0 Å². The molecular formula is C14H13N3O3. The van der Waals surface area contributed by atoms with Crippen LogP contribution in [0.2, 0.25) is 0 Å². The Balaban J connectivity index is 2.04. The Morgan fingerprint density at radius 3 is 2.55 bits per heavy atom. The van der Waals surface area contributed by atoms with Crippen molar-refractivity contribution >= 4 is 5.69 Å². The van der Waals surface area contributed by atoms with Gasteiger partial charge < -0.3 is 4.98 Å². The molecule has 2 aromatic rings. The minimum absolute atomic E-state index is 0.0223. The molecule has 6 heteroatoms. The fourth-order valence-electron chi connectivity index (χ4n) is 2.48. The maximum Gasteiger partial charge on any atom is 0.269 e. The largest absolute Gasteiger partial charge is 0.306 e. The molecule has 1 aliphatic carbocycles. The maximum atomic E-state index is 12.0. The van der Waals surface area contributed by atoms with Gasteiger partial charge in [-0.3, -0.25) is 14.9 Å². The van der Waals surface area contributed by atoms with Gasteiger partial charge in [0.15, 0.2) is 0 Å². The Labute approximate surface area is 114 Å². The summed E-state index contributed by atoms with van der Waals surface area (Å²) in [6, 6.07) is 6.03. The number of benzene rings is 1. The number of nitrogens with one attached hydrogen (secondary N) is 1. The molecule has 0 saturated carbocycles. The molecule has 0 atom stereocenters. The molecule has 1 aromatic heterocycles. The van der Waals surface area contributed by atoms with E-state index in [0.717, 1.165) is 36.9 Å². The zero-order valence-electron chi connectivity index (χ0n) is 10.8. The number of hydrogen-bond acceptors (Lipinski definition) is 4. The highest BCUT2D eigenvalue weighted by Crippen LogP contribution is 2.21. The Bertz CT molecular complexity index is 719. The number of H-pyrrole nitrogens is 1. The quantitative estimate of drug-likeness (QED) is 0.670. The molecule has 0 spiro atoms. The molecule has 0 saturated heterocycles. The molecule has 3 rings (SSSR count). The zero-order chi connectivity index (χ0) is 14.1. The van der Waals surface area contributed by atoms with E-state index >= 15 is 0 Å². The van der Waals surface area contributed by atoms with E-state index in [9.17, 15) is 14.9 Å². The van der Waals surface area contributed by atoms with Gasteiger partial charge in [0.2, 0.25) is 0 Å². The van der Waals surface area contributed by atoms with Crippen molar-refractivity contribution in [2.75, 3.05) is 0 Å². The molecule has 1 heterocycles. The number of nitrogens with zero attached hydrogens (tertiary/aromatic N) is 2. The van der Waals surface area contributed by atoms with Gasteiger partial charge in [-0.15, -0.1) is 0 Å². The number of fused-ring (bicyclic) bond motifs is 1. The predicted octanol–water partition coefficient (Wildman–Crippen LogP) is 2.22. The van der Waals surface area contributed by atoms with Crippen LogP contribution in [0.15, 0.2) is 29.1 Å². The number of rotatable bonds is 2. The summed E-state index contributed by atoms with van der Waals surface area (Å²) < 4.78 is 0. The van der Waals surface area contributed by atoms with E-state index in [1.54, 1.807) is 12.1 Å². The highest BCUT2D eigenvalue weighted by atomic mass is 16.6. The molecule has 0 amide bonds. The monoisotopic (exact) mass is 271 g/mol. The van der Waals surface area contributed by atoms with E-state index in [2.05, 4.69) is 9.97 Å². The van der Waals surface area contributed by atoms with Gasteiger partial charge in [-0.05, 0) is 37.8 Å². The molecule has 0 aliphatic heterocycles. The lowest BCUT2D eigenvalue weighted by atomic mass is 9.97. The molecule has 0 bridgehead atoms. The number of hydrogen-bond donors (Lipinski definition) is 1. The van der Waals surface area contributed by atoms with E-state index in [0.29, 0.717) is 11.4 Å². The molecule has 1 aromatic carbocycles. The van der Waals surface area contributed by atoms with Gasteiger partial charge in [0.25, 0.3) is 11.2 Å². The first kappa shape index (κ1) is 12.5. The van der Waals surface area contributed by atoms with Crippen molar-refractivity contribution in [2.45, 2.75) is 25.7 Å². The summed E-state index contributed by atoms with van der Waals surface area (Å²) in [4.78, 5) is 29.5. The van der Waals surface area contributed by atoms with Crippen molar-refractivity contribution in [3.05, 3.63) is 56.0 Å². The first-order chi connectivity index (χ1) is 9.65. The van der Waals surface area contributed by atoms with E-state index < -0.39 is 4.92 Å². The molecule has 1 aliphatic rings. The van der Waals surface area contributed by atoms with Crippen molar-refractivity contribution in [1.82, 2.24) is 9.97 Å². The second-order valence-corrected chi connectivity index (χ2v) is 4.85. The van der Waals surface area contributed by atoms with Crippen molar-refractivity contribution in [1.29, 1.82) is 0 Å². The molecule has 20 heavy (non-hydrogen) atoms. The first-order valence-electron chi connectivity index (χ1n) is 6.52. The van der Waals surface area contributed by atoms with E-state index in [-0.39, 0.29) is 11.2 Å². The third-order valence-electron chi connectivity index (χ3n) is 3.54. The fraction of sp³-hybridized carbons (Fsp3) is 0.286. The van der Waals surface area contributed by atoms with Crippen molar-refractivity contribution in [3.63, 3.8) is 0 Å². The van der Waals surface area contributed by atoms with Crippen LogP contribution in [-0.2, 0) is 12.8 Å². The van der Waals surface area contributed by atoms with Crippen molar-refractivity contribution in [2.24, 2.45) is 0 Å². The molecule has 0 unspecified atom stereocenters. The minimum Gasteiger partial charge on any atom is -0.306 e. The predicted molar refractivity (Wildman–Crippen MR) is 73.6 cm³/mol. The molecule has 1 N–H and O–H groups in total. The van der Waals surface area contributed by atoms with Crippen LogP contribution in [0, 0.1) is 10.1 Å². The van der Waals surface area contributed by atoms with Crippen LogP contribution in [-0.4, -0.2) is 14.9 Å². The Morgan fingerprint density at radius 1 is 1.15 bits per heavy atom. The number of aromatic nitrogens is 2. The molecular weight excluding hydrogens is 258 g/mol. The summed E-state index contributed by atoms with van der Waals surface area (Å²) in [5.41, 5.74) is 2.24. The van der Waals surface area contributed by atoms with E-state index in [1.807, 2.05) is 0 Å². The summed E-state index contributed by atoms with van der Waals surface area (Å²) in [7, 11) is 0. The second-order valence-electron chi connectivity index (χ2n) is 4.85. The topological polar surface area (TPSA) is 88.9 Å². The van der Waals surface area contributed by atoms with Crippen LogP contribution in [0.5, 0.6) is 0 Å². The molecule has 6 nitrogen and oxygen atoms in total. The standard InChI is InChI=1S/C14H13N3O3/c18-14-11-3-1-2-4-12(11)15-13(16-14)9-5-7-10(8-6-9)17(19)20/h5-8H,1-4H2,(H,15,16,18). The smallest absolute Gasteiger partial charge is 0.269 e. The van der Waals surface area contributed by atoms with Crippen molar-refractivity contribution < 1.29 is 4.92 Å². The first-order valence-corrected chi connectivity index (χ1v) is 6.52. The number of nitro groups is 1. The van der Waals surface area contributed by atoms with Crippen LogP contribution in [0.25, 0.3) is 11.4 Å². The van der Waals surface area contributed by atoms with Crippen LogP contribution in [0.1, 0.15) is 24.1 Å². The average molecular weight is 271 g/mol. The van der Waals surface area contributed by atoms with Gasteiger partial charge >= 0.3 is 0 Å². The lowest BCUT2D eigenvalue weighted by Gasteiger charge is -2.14.